The number of nitrogens with zero attached hydrogens (tertiary/aromatic N) is 2. The van der Waals surface area contributed by atoms with Gasteiger partial charge < -0.3 is 9.47 Å². The topological polar surface area (TPSA) is 99.0 Å². The van der Waals surface area contributed by atoms with Gasteiger partial charge in [0.1, 0.15) is 6.61 Å². The molecule has 0 unspecified atom stereocenters. The first-order valence-electron chi connectivity index (χ1n) is 10.5. The number of halogens is 2. The van der Waals surface area contributed by atoms with Crippen LogP contribution < -0.4 is 9.47 Å². The van der Waals surface area contributed by atoms with Crippen molar-refractivity contribution in [3.05, 3.63) is 102 Å². The van der Waals surface area contributed by atoms with Crippen LogP contribution in [-0.4, -0.2) is 28.1 Å². The van der Waals surface area contributed by atoms with Crippen LogP contribution in [0, 0.1) is 10.1 Å². The van der Waals surface area contributed by atoms with E-state index in [4.69, 9.17) is 32.7 Å². The summed E-state index contributed by atoms with van der Waals surface area (Å²) in [5.74, 6) is 0.416. The second-order valence-electron chi connectivity index (χ2n) is 7.64. The molecule has 0 N–H and O–H groups in total. The molecular formula is C25H18Cl2N2O6S. The molecule has 0 spiro atoms. The SMILES string of the molecule is COc1cc(/C=C2/SC(=O)N(Cc3ccc(Cl)c(Cl)c3)C2=O)ccc1OCc1cccc([N+](=O)[O-])c1. The molecule has 1 fully saturated rings. The van der Waals surface area contributed by atoms with Gasteiger partial charge in [-0.2, -0.15) is 0 Å². The van der Waals surface area contributed by atoms with Crippen molar-refractivity contribution in [1.82, 2.24) is 4.90 Å². The normalized spacial score (nSPS) is 14.4. The smallest absolute Gasteiger partial charge is 0.293 e. The molecule has 184 valence electrons. The zero-order valence-electron chi connectivity index (χ0n) is 18.8. The number of nitro benzene ring substituents is 1. The molecule has 11 heteroatoms. The summed E-state index contributed by atoms with van der Waals surface area (Å²) in [6.07, 6.45) is 1.60. The van der Waals surface area contributed by atoms with Crippen molar-refractivity contribution in [3.63, 3.8) is 0 Å². The van der Waals surface area contributed by atoms with Crippen LogP contribution in [0.25, 0.3) is 6.08 Å². The van der Waals surface area contributed by atoms with Crippen LogP contribution in [0.15, 0.2) is 65.6 Å². The Morgan fingerprint density at radius 2 is 1.81 bits per heavy atom. The van der Waals surface area contributed by atoms with Gasteiger partial charge in [0.2, 0.25) is 0 Å². The monoisotopic (exact) mass is 544 g/mol. The van der Waals surface area contributed by atoms with Gasteiger partial charge in [-0.25, -0.2) is 0 Å². The van der Waals surface area contributed by atoms with Gasteiger partial charge in [-0.05, 0) is 58.8 Å². The van der Waals surface area contributed by atoms with Gasteiger partial charge >= 0.3 is 0 Å². The van der Waals surface area contributed by atoms with E-state index in [1.54, 1.807) is 54.6 Å². The average Bonchev–Trinajstić information content (AvgIpc) is 3.12. The highest BCUT2D eigenvalue weighted by Gasteiger charge is 2.35. The number of amides is 2. The van der Waals surface area contributed by atoms with Crippen molar-refractivity contribution in [2.75, 3.05) is 7.11 Å². The number of hydrogen-bond donors (Lipinski definition) is 0. The number of ether oxygens (including phenoxy) is 2. The van der Waals surface area contributed by atoms with E-state index in [2.05, 4.69) is 0 Å². The zero-order chi connectivity index (χ0) is 25.8. The van der Waals surface area contributed by atoms with Gasteiger partial charge in [0.25, 0.3) is 16.8 Å². The molecule has 1 aliphatic rings. The number of imide groups is 1. The number of nitro groups is 1. The van der Waals surface area contributed by atoms with Crippen LogP contribution in [0.5, 0.6) is 11.5 Å². The number of rotatable bonds is 8. The Balaban J connectivity index is 1.48. The molecule has 8 nitrogen and oxygen atoms in total. The molecular weight excluding hydrogens is 527 g/mol. The molecule has 0 aliphatic carbocycles. The fraction of sp³-hybridized carbons (Fsp3) is 0.120. The zero-order valence-corrected chi connectivity index (χ0v) is 21.1. The second-order valence-corrected chi connectivity index (χ2v) is 9.45. The van der Waals surface area contributed by atoms with Crippen LogP contribution in [0.2, 0.25) is 10.0 Å². The molecule has 0 bridgehead atoms. The fourth-order valence-corrected chi connectivity index (χ4v) is 4.58. The second kappa shape index (κ2) is 11.0. The molecule has 0 atom stereocenters. The first kappa shape index (κ1) is 25.6. The van der Waals surface area contributed by atoms with Crippen LogP contribution >= 0.6 is 35.0 Å². The van der Waals surface area contributed by atoms with E-state index in [1.807, 2.05) is 0 Å². The lowest BCUT2D eigenvalue weighted by Crippen LogP contribution is -2.27. The number of hydrogen-bond acceptors (Lipinski definition) is 7. The summed E-state index contributed by atoms with van der Waals surface area (Å²) in [7, 11) is 1.48. The highest BCUT2D eigenvalue weighted by atomic mass is 35.5. The van der Waals surface area contributed by atoms with E-state index in [-0.39, 0.29) is 29.0 Å². The Morgan fingerprint density at radius 3 is 2.53 bits per heavy atom. The van der Waals surface area contributed by atoms with Gasteiger partial charge in [-0.15, -0.1) is 0 Å². The molecule has 1 heterocycles. The maximum Gasteiger partial charge on any atom is 0.293 e. The molecule has 3 aromatic rings. The minimum absolute atomic E-state index is 0.0217. The van der Waals surface area contributed by atoms with Gasteiger partial charge in [-0.1, -0.05) is 47.5 Å². The van der Waals surface area contributed by atoms with Crippen molar-refractivity contribution in [1.29, 1.82) is 0 Å². The molecule has 2 amide bonds. The minimum Gasteiger partial charge on any atom is -0.493 e. The maximum absolute atomic E-state index is 12.9. The molecule has 3 aromatic carbocycles. The first-order chi connectivity index (χ1) is 17.2. The fourth-order valence-electron chi connectivity index (χ4n) is 3.42. The van der Waals surface area contributed by atoms with Crippen LogP contribution in [0.3, 0.4) is 0 Å². The van der Waals surface area contributed by atoms with E-state index in [9.17, 15) is 19.7 Å². The van der Waals surface area contributed by atoms with E-state index in [0.29, 0.717) is 38.2 Å². The molecule has 0 saturated carbocycles. The summed E-state index contributed by atoms with van der Waals surface area (Å²) in [6, 6.07) is 16.2. The van der Waals surface area contributed by atoms with Crippen LogP contribution in [0.1, 0.15) is 16.7 Å². The molecule has 0 radical (unpaired) electrons. The summed E-state index contributed by atoms with van der Waals surface area (Å²) >= 11 is 12.8. The highest BCUT2D eigenvalue weighted by Crippen LogP contribution is 2.36. The maximum atomic E-state index is 12.9. The van der Waals surface area contributed by atoms with Crippen molar-refractivity contribution >= 4 is 57.9 Å². The highest BCUT2D eigenvalue weighted by molar-refractivity contribution is 8.18. The summed E-state index contributed by atoms with van der Waals surface area (Å²) < 4.78 is 11.2. The lowest BCUT2D eigenvalue weighted by molar-refractivity contribution is -0.384. The molecule has 36 heavy (non-hydrogen) atoms. The lowest BCUT2D eigenvalue weighted by Gasteiger charge is -2.13. The Morgan fingerprint density at radius 1 is 1.00 bits per heavy atom. The van der Waals surface area contributed by atoms with Crippen molar-refractivity contribution < 1.29 is 24.0 Å². The third kappa shape index (κ3) is 5.81. The predicted molar refractivity (Wildman–Crippen MR) is 138 cm³/mol. The summed E-state index contributed by atoms with van der Waals surface area (Å²) in [5.41, 5.74) is 1.92. The Hall–Kier alpha value is -3.53. The minimum atomic E-state index is -0.467. The lowest BCUT2D eigenvalue weighted by atomic mass is 10.1. The molecule has 1 saturated heterocycles. The number of thioether (sulfide) groups is 1. The first-order valence-corrected chi connectivity index (χ1v) is 12.1. The number of benzene rings is 3. The number of non-ortho nitro benzene ring substituents is 1. The van der Waals surface area contributed by atoms with Gasteiger partial charge in [0.15, 0.2) is 11.5 Å². The van der Waals surface area contributed by atoms with Gasteiger partial charge in [0, 0.05) is 12.1 Å². The van der Waals surface area contributed by atoms with E-state index >= 15 is 0 Å². The Bertz CT molecular complexity index is 1390. The predicted octanol–water partition coefficient (Wildman–Crippen LogP) is 6.73. The van der Waals surface area contributed by atoms with Crippen LogP contribution in [-0.2, 0) is 17.9 Å². The summed E-state index contributed by atoms with van der Waals surface area (Å²) in [5, 5.41) is 11.3. The molecule has 1 aliphatic heterocycles. The standard InChI is InChI=1S/C25H18Cl2N2O6S/c1-34-22-11-15(6-8-21(22)35-14-17-3-2-4-18(9-17)29(32)33)12-23-24(30)28(25(31)36-23)13-16-5-7-19(26)20(27)10-16/h2-12H,13-14H2,1H3/b23-12+. The van der Waals surface area contributed by atoms with E-state index in [1.165, 1.54) is 19.2 Å². The number of carbonyl (C=O) groups is 2. The van der Waals surface area contributed by atoms with Crippen molar-refractivity contribution in [2.45, 2.75) is 13.2 Å². The third-order valence-electron chi connectivity index (χ3n) is 5.20. The average molecular weight is 545 g/mol. The largest absolute Gasteiger partial charge is 0.493 e. The van der Waals surface area contributed by atoms with E-state index < -0.39 is 10.8 Å². The summed E-state index contributed by atoms with van der Waals surface area (Å²) in [4.78, 5) is 37.3. The summed E-state index contributed by atoms with van der Waals surface area (Å²) in [6.45, 7) is 0.178. The molecule has 4 rings (SSSR count). The van der Waals surface area contributed by atoms with Crippen molar-refractivity contribution in [2.24, 2.45) is 0 Å². The Kier molecular flexibility index (Phi) is 7.83. The number of carbonyl (C=O) groups excluding carboxylic acids is 2. The molecule has 0 aromatic heterocycles. The van der Waals surface area contributed by atoms with Crippen LogP contribution in [0.4, 0.5) is 10.5 Å². The third-order valence-corrected chi connectivity index (χ3v) is 6.85. The Labute approximate surface area is 220 Å². The van der Waals surface area contributed by atoms with Gasteiger partial charge in [0.05, 0.1) is 33.5 Å². The van der Waals surface area contributed by atoms with Gasteiger partial charge in [-0.3, -0.25) is 24.6 Å². The quantitative estimate of drug-likeness (QED) is 0.176. The van der Waals surface area contributed by atoms with Crippen molar-refractivity contribution in [3.8, 4) is 11.5 Å². The van der Waals surface area contributed by atoms with E-state index in [0.717, 1.165) is 16.7 Å². The number of methoxy groups -OCH3 is 1.